The van der Waals surface area contributed by atoms with Crippen LogP contribution in [-0.2, 0) is 16.1 Å². The average Bonchev–Trinajstić information content (AvgIpc) is 2.46. The van der Waals surface area contributed by atoms with Crippen molar-refractivity contribution in [3.05, 3.63) is 65.7 Å². The molecule has 0 atom stereocenters. The number of esters is 2. The summed E-state index contributed by atoms with van der Waals surface area (Å²) in [7, 11) is 0. The number of carbonyl (C=O) groups excluding carboxylic acids is 2. The summed E-state index contributed by atoms with van der Waals surface area (Å²) in [5, 5.41) is 0. The van der Waals surface area contributed by atoms with Gasteiger partial charge < -0.3 is 9.47 Å². The van der Waals surface area contributed by atoms with Gasteiger partial charge in [-0.25, -0.2) is 4.79 Å². The van der Waals surface area contributed by atoms with Crippen LogP contribution in [0.5, 0.6) is 5.75 Å². The van der Waals surface area contributed by atoms with Crippen molar-refractivity contribution in [1.82, 2.24) is 0 Å². The van der Waals surface area contributed by atoms with Crippen molar-refractivity contribution in [3.8, 4) is 5.75 Å². The van der Waals surface area contributed by atoms with Crippen LogP contribution in [0.4, 0.5) is 0 Å². The number of ether oxygens (including phenoxy) is 2. The molecule has 0 spiro atoms. The van der Waals surface area contributed by atoms with Crippen molar-refractivity contribution in [2.45, 2.75) is 13.5 Å². The van der Waals surface area contributed by atoms with Crippen LogP contribution in [0.2, 0.25) is 0 Å². The highest BCUT2D eigenvalue weighted by atomic mass is 16.6. The molecule has 0 saturated heterocycles. The summed E-state index contributed by atoms with van der Waals surface area (Å²) in [6, 6.07) is 16.2. The molecule has 20 heavy (non-hydrogen) atoms. The van der Waals surface area contributed by atoms with Crippen LogP contribution < -0.4 is 4.74 Å². The van der Waals surface area contributed by atoms with Crippen LogP contribution in [-0.4, -0.2) is 11.9 Å². The average molecular weight is 270 g/mol. The van der Waals surface area contributed by atoms with Gasteiger partial charge in [-0.05, 0) is 18.2 Å². The van der Waals surface area contributed by atoms with Crippen LogP contribution in [0.1, 0.15) is 22.8 Å². The first-order valence-corrected chi connectivity index (χ1v) is 6.15. The normalized spacial score (nSPS) is 9.85. The molecule has 4 nitrogen and oxygen atoms in total. The first-order chi connectivity index (χ1) is 9.66. The maximum atomic E-state index is 11.8. The van der Waals surface area contributed by atoms with Crippen molar-refractivity contribution in [2.75, 3.05) is 0 Å². The van der Waals surface area contributed by atoms with Gasteiger partial charge in [0.05, 0.1) is 5.56 Å². The molecule has 0 unspecified atom stereocenters. The number of benzene rings is 2. The minimum atomic E-state index is -0.662. The third-order valence-electron chi connectivity index (χ3n) is 2.61. The minimum absolute atomic E-state index is 0.229. The zero-order valence-corrected chi connectivity index (χ0v) is 11.0. The molecule has 0 heterocycles. The molecule has 2 rings (SSSR count). The molecule has 0 radical (unpaired) electrons. The Bertz CT molecular complexity index is 605. The van der Waals surface area contributed by atoms with Crippen molar-refractivity contribution in [3.63, 3.8) is 0 Å². The van der Waals surface area contributed by atoms with Gasteiger partial charge in [0.25, 0.3) is 0 Å². The topological polar surface area (TPSA) is 52.6 Å². The molecule has 2 aromatic carbocycles. The number of hydrogen-bond donors (Lipinski definition) is 0. The molecular formula is C16H14O4. The standard InChI is InChI=1S/C16H14O4/c1-12(17)20-16(18)15-10-6-5-7-13(15)11-19-14-8-3-2-4-9-14/h2-10H,11H2,1H3. The molecular weight excluding hydrogens is 256 g/mol. The Morgan fingerprint density at radius 3 is 2.30 bits per heavy atom. The van der Waals surface area contributed by atoms with Crippen molar-refractivity contribution in [2.24, 2.45) is 0 Å². The molecule has 0 fully saturated rings. The highest BCUT2D eigenvalue weighted by molar-refractivity contribution is 5.97. The van der Waals surface area contributed by atoms with Gasteiger partial charge in [0.1, 0.15) is 12.4 Å². The van der Waals surface area contributed by atoms with E-state index in [4.69, 9.17) is 4.74 Å². The van der Waals surface area contributed by atoms with Crippen molar-refractivity contribution < 1.29 is 19.1 Å². The predicted molar refractivity (Wildman–Crippen MR) is 73.3 cm³/mol. The quantitative estimate of drug-likeness (QED) is 0.633. The van der Waals surface area contributed by atoms with Crippen molar-refractivity contribution >= 4 is 11.9 Å². The lowest BCUT2D eigenvalue weighted by Gasteiger charge is -2.09. The fourth-order valence-electron chi connectivity index (χ4n) is 1.71. The molecule has 102 valence electrons. The fraction of sp³-hybridized carbons (Fsp3) is 0.125. The molecule has 4 heteroatoms. The van der Waals surface area contributed by atoms with E-state index in [1.165, 1.54) is 6.92 Å². The Hall–Kier alpha value is -2.62. The summed E-state index contributed by atoms with van der Waals surface area (Å²) in [5.74, 6) is -0.583. The van der Waals surface area contributed by atoms with Gasteiger partial charge >= 0.3 is 11.9 Å². The van der Waals surface area contributed by atoms with E-state index < -0.39 is 11.9 Å². The van der Waals surface area contributed by atoms with Gasteiger partial charge in [0.15, 0.2) is 0 Å². The Morgan fingerprint density at radius 2 is 1.60 bits per heavy atom. The molecule has 0 N–H and O–H groups in total. The van der Waals surface area contributed by atoms with E-state index in [0.29, 0.717) is 16.9 Å². The molecule has 0 aromatic heterocycles. The minimum Gasteiger partial charge on any atom is -0.489 e. The van der Waals surface area contributed by atoms with Crippen LogP contribution >= 0.6 is 0 Å². The number of para-hydroxylation sites is 1. The fourth-order valence-corrected chi connectivity index (χ4v) is 1.71. The van der Waals surface area contributed by atoms with Gasteiger partial charge in [-0.1, -0.05) is 36.4 Å². The summed E-state index contributed by atoms with van der Waals surface area (Å²) in [5.41, 5.74) is 1.00. The van der Waals surface area contributed by atoms with E-state index in [9.17, 15) is 9.59 Å². The number of hydrogen-bond acceptors (Lipinski definition) is 4. The van der Waals surface area contributed by atoms with E-state index in [-0.39, 0.29) is 6.61 Å². The molecule has 0 aliphatic rings. The Morgan fingerprint density at radius 1 is 0.950 bits per heavy atom. The van der Waals surface area contributed by atoms with Crippen molar-refractivity contribution in [1.29, 1.82) is 0 Å². The summed E-state index contributed by atoms with van der Waals surface area (Å²) in [4.78, 5) is 22.6. The van der Waals surface area contributed by atoms with Crippen LogP contribution in [0.25, 0.3) is 0 Å². The largest absolute Gasteiger partial charge is 0.489 e. The first-order valence-electron chi connectivity index (χ1n) is 6.15. The monoisotopic (exact) mass is 270 g/mol. The van der Waals surface area contributed by atoms with Gasteiger partial charge in [-0.15, -0.1) is 0 Å². The smallest absolute Gasteiger partial charge is 0.346 e. The van der Waals surface area contributed by atoms with E-state index in [1.807, 2.05) is 30.3 Å². The SMILES string of the molecule is CC(=O)OC(=O)c1ccccc1COc1ccccc1. The molecule has 0 bridgehead atoms. The van der Waals surface area contributed by atoms with Crippen LogP contribution in [0.15, 0.2) is 54.6 Å². The predicted octanol–water partition coefficient (Wildman–Crippen LogP) is 2.97. The Kier molecular flexibility index (Phi) is 4.50. The Balaban J connectivity index is 2.12. The number of rotatable bonds is 4. The van der Waals surface area contributed by atoms with Gasteiger partial charge in [-0.2, -0.15) is 0 Å². The lowest BCUT2D eigenvalue weighted by Crippen LogP contribution is -2.12. The van der Waals surface area contributed by atoms with Crippen LogP contribution in [0, 0.1) is 0 Å². The van der Waals surface area contributed by atoms with E-state index in [1.54, 1.807) is 24.3 Å². The van der Waals surface area contributed by atoms with Crippen LogP contribution in [0.3, 0.4) is 0 Å². The summed E-state index contributed by atoms with van der Waals surface area (Å²) < 4.78 is 10.2. The molecule has 0 aliphatic carbocycles. The zero-order valence-electron chi connectivity index (χ0n) is 11.0. The molecule has 0 amide bonds. The second-order valence-corrected chi connectivity index (χ2v) is 4.14. The molecule has 0 aliphatic heterocycles. The van der Waals surface area contributed by atoms with E-state index >= 15 is 0 Å². The van der Waals surface area contributed by atoms with Gasteiger partial charge in [0, 0.05) is 12.5 Å². The maximum Gasteiger partial charge on any atom is 0.346 e. The van der Waals surface area contributed by atoms with E-state index in [0.717, 1.165) is 0 Å². The third-order valence-corrected chi connectivity index (χ3v) is 2.61. The maximum absolute atomic E-state index is 11.8. The second kappa shape index (κ2) is 6.52. The van der Waals surface area contributed by atoms with E-state index in [2.05, 4.69) is 4.74 Å². The lowest BCUT2D eigenvalue weighted by atomic mass is 10.1. The molecule has 2 aromatic rings. The summed E-state index contributed by atoms with van der Waals surface area (Å²) in [6.07, 6.45) is 0. The zero-order chi connectivity index (χ0) is 14.4. The van der Waals surface area contributed by atoms with Gasteiger partial charge in [-0.3, -0.25) is 4.79 Å². The highest BCUT2D eigenvalue weighted by Crippen LogP contribution is 2.15. The number of carbonyl (C=O) groups is 2. The summed E-state index contributed by atoms with van der Waals surface area (Å²) in [6.45, 7) is 1.42. The highest BCUT2D eigenvalue weighted by Gasteiger charge is 2.14. The molecule has 0 saturated carbocycles. The lowest BCUT2D eigenvalue weighted by molar-refractivity contribution is -0.135. The first kappa shape index (κ1) is 13.8. The second-order valence-electron chi connectivity index (χ2n) is 4.14. The van der Waals surface area contributed by atoms with Gasteiger partial charge in [0.2, 0.25) is 0 Å². The summed E-state index contributed by atoms with van der Waals surface area (Å²) >= 11 is 0. The third kappa shape index (κ3) is 3.68. The Labute approximate surface area is 116 Å².